The minimum atomic E-state index is 0.458. The van der Waals surface area contributed by atoms with Gasteiger partial charge >= 0.3 is 0 Å². The molecule has 0 aromatic carbocycles. The van der Waals surface area contributed by atoms with E-state index in [0.717, 1.165) is 16.8 Å². The third-order valence-electron chi connectivity index (χ3n) is 2.99. The zero-order chi connectivity index (χ0) is 10.3. The molecule has 0 bridgehead atoms. The molecule has 1 unspecified atom stereocenters. The smallest absolute Gasteiger partial charge is 0.127 e. The lowest BCUT2D eigenvalue weighted by molar-refractivity contribution is 0.436. The van der Waals surface area contributed by atoms with Crippen molar-refractivity contribution < 1.29 is 0 Å². The highest BCUT2D eigenvalue weighted by Gasteiger charge is 2.30. The maximum absolute atomic E-state index is 6.16. The molecule has 1 heterocycles. The first-order chi connectivity index (χ1) is 6.59. The Balaban J connectivity index is 2.23. The molecular weight excluding hydrogens is 196 g/mol. The largest absolute Gasteiger partial charge is 0.251 e. The van der Waals surface area contributed by atoms with Crippen molar-refractivity contribution in [1.29, 1.82) is 0 Å². The van der Waals surface area contributed by atoms with E-state index in [-0.39, 0.29) is 0 Å². The molecule has 2 nitrogen and oxygen atoms in total. The van der Waals surface area contributed by atoms with Crippen LogP contribution in [0.3, 0.4) is 0 Å². The Morgan fingerprint density at radius 2 is 2.07 bits per heavy atom. The molecule has 0 aliphatic heterocycles. The molecule has 1 fully saturated rings. The Hall–Kier alpha value is -0.500. The van der Waals surface area contributed by atoms with Gasteiger partial charge in [-0.3, -0.25) is 4.68 Å². The highest BCUT2D eigenvalue weighted by Crippen LogP contribution is 2.40. The van der Waals surface area contributed by atoms with Gasteiger partial charge in [-0.25, -0.2) is 0 Å². The first-order valence-corrected chi connectivity index (χ1v) is 5.72. The molecule has 14 heavy (non-hydrogen) atoms. The summed E-state index contributed by atoms with van der Waals surface area (Å²) in [7, 11) is 0. The van der Waals surface area contributed by atoms with Gasteiger partial charge in [0.25, 0.3) is 0 Å². The van der Waals surface area contributed by atoms with Crippen molar-refractivity contribution in [3.8, 4) is 0 Å². The van der Waals surface area contributed by atoms with Crippen LogP contribution in [0.5, 0.6) is 0 Å². The van der Waals surface area contributed by atoms with Crippen molar-refractivity contribution in [3.05, 3.63) is 16.9 Å². The third kappa shape index (κ3) is 1.81. The summed E-state index contributed by atoms with van der Waals surface area (Å²) in [6.07, 6.45) is 2.66. The zero-order valence-electron chi connectivity index (χ0n) is 9.00. The number of hydrogen-bond acceptors (Lipinski definition) is 1. The first kappa shape index (κ1) is 10.0. The maximum Gasteiger partial charge on any atom is 0.127 e. The molecule has 1 aromatic heterocycles. The minimum absolute atomic E-state index is 0.458. The molecule has 0 saturated heterocycles. The lowest BCUT2D eigenvalue weighted by Gasteiger charge is -2.11. The highest BCUT2D eigenvalue weighted by molar-refractivity contribution is 6.29. The van der Waals surface area contributed by atoms with Crippen molar-refractivity contribution in [1.82, 2.24) is 9.78 Å². The van der Waals surface area contributed by atoms with Gasteiger partial charge in [0, 0.05) is 0 Å². The molecule has 0 radical (unpaired) electrons. The van der Waals surface area contributed by atoms with Crippen molar-refractivity contribution >= 4 is 11.6 Å². The monoisotopic (exact) mass is 212 g/mol. The van der Waals surface area contributed by atoms with Crippen LogP contribution in [0.15, 0.2) is 6.07 Å². The Bertz CT molecular complexity index is 326. The van der Waals surface area contributed by atoms with Gasteiger partial charge < -0.3 is 0 Å². The number of halogens is 1. The van der Waals surface area contributed by atoms with E-state index in [2.05, 4.69) is 25.9 Å². The van der Waals surface area contributed by atoms with E-state index in [4.69, 9.17) is 11.6 Å². The summed E-state index contributed by atoms with van der Waals surface area (Å²) in [6, 6.07) is 2.46. The van der Waals surface area contributed by atoms with Crippen LogP contribution < -0.4 is 0 Å². The van der Waals surface area contributed by atoms with E-state index in [1.165, 1.54) is 12.8 Å². The molecule has 1 aliphatic carbocycles. The van der Waals surface area contributed by atoms with Gasteiger partial charge in [-0.15, -0.1) is 0 Å². The standard InChI is InChI=1S/C11H17ClN2/c1-7(2)10-6-11(12)14(13-10)8(3)9-4-5-9/h6-9H,4-5H2,1-3H3. The third-order valence-corrected chi connectivity index (χ3v) is 3.27. The summed E-state index contributed by atoms with van der Waals surface area (Å²) >= 11 is 6.16. The Labute approximate surface area is 90.3 Å². The average molecular weight is 213 g/mol. The van der Waals surface area contributed by atoms with Crippen molar-refractivity contribution in [3.63, 3.8) is 0 Å². The second-order valence-electron chi connectivity index (χ2n) is 4.57. The van der Waals surface area contributed by atoms with E-state index < -0.39 is 0 Å². The summed E-state index contributed by atoms with van der Waals surface area (Å²) in [4.78, 5) is 0. The van der Waals surface area contributed by atoms with Crippen molar-refractivity contribution in [2.24, 2.45) is 5.92 Å². The fourth-order valence-corrected chi connectivity index (χ4v) is 2.04. The number of nitrogens with zero attached hydrogens (tertiary/aromatic N) is 2. The second-order valence-corrected chi connectivity index (χ2v) is 4.96. The van der Waals surface area contributed by atoms with Crippen LogP contribution >= 0.6 is 11.6 Å². The SMILES string of the molecule is CC(C)c1cc(Cl)n(C(C)C2CC2)n1. The molecule has 78 valence electrons. The van der Waals surface area contributed by atoms with Crippen molar-refractivity contribution in [2.45, 2.75) is 45.6 Å². The van der Waals surface area contributed by atoms with Gasteiger partial charge in [-0.1, -0.05) is 25.4 Å². The summed E-state index contributed by atoms with van der Waals surface area (Å²) in [6.45, 7) is 6.50. The molecule has 0 amide bonds. The van der Waals surface area contributed by atoms with E-state index in [0.29, 0.717) is 12.0 Å². The van der Waals surface area contributed by atoms with E-state index in [9.17, 15) is 0 Å². The lowest BCUT2D eigenvalue weighted by Crippen LogP contribution is -2.09. The number of rotatable bonds is 3. The van der Waals surface area contributed by atoms with Crippen LogP contribution in [0.4, 0.5) is 0 Å². The van der Waals surface area contributed by atoms with Gasteiger partial charge in [-0.2, -0.15) is 5.10 Å². The topological polar surface area (TPSA) is 17.8 Å². The van der Waals surface area contributed by atoms with Gasteiger partial charge in [0.2, 0.25) is 0 Å². The molecule has 1 saturated carbocycles. The predicted octanol–water partition coefficient (Wildman–Crippen LogP) is 3.63. The molecule has 1 atom stereocenters. The molecule has 2 rings (SSSR count). The molecular formula is C11H17ClN2. The number of hydrogen-bond donors (Lipinski definition) is 0. The summed E-state index contributed by atoms with van der Waals surface area (Å²) < 4.78 is 1.98. The molecule has 1 aromatic rings. The summed E-state index contributed by atoms with van der Waals surface area (Å²) in [5.41, 5.74) is 1.10. The quantitative estimate of drug-likeness (QED) is 0.748. The highest BCUT2D eigenvalue weighted by atomic mass is 35.5. The zero-order valence-corrected chi connectivity index (χ0v) is 9.75. The maximum atomic E-state index is 6.16. The Morgan fingerprint density at radius 1 is 1.43 bits per heavy atom. The van der Waals surface area contributed by atoms with Crippen LogP contribution in [0.2, 0.25) is 5.15 Å². The molecule has 0 N–H and O–H groups in total. The summed E-state index contributed by atoms with van der Waals surface area (Å²) in [5, 5.41) is 5.34. The van der Waals surface area contributed by atoms with Crippen LogP contribution in [-0.2, 0) is 0 Å². The van der Waals surface area contributed by atoms with Crippen LogP contribution in [0.1, 0.15) is 51.3 Å². The summed E-state index contributed by atoms with van der Waals surface area (Å²) in [5.74, 6) is 1.26. The van der Waals surface area contributed by atoms with Gasteiger partial charge in [0.1, 0.15) is 5.15 Å². The average Bonchev–Trinajstić information content (AvgIpc) is 2.88. The normalized spacial score (nSPS) is 18.9. The molecule has 0 spiro atoms. The van der Waals surface area contributed by atoms with Gasteiger partial charge in [0.15, 0.2) is 0 Å². The number of aromatic nitrogens is 2. The predicted molar refractivity (Wildman–Crippen MR) is 58.8 cm³/mol. The van der Waals surface area contributed by atoms with Crippen LogP contribution in [0.25, 0.3) is 0 Å². The fourth-order valence-electron chi connectivity index (χ4n) is 1.74. The van der Waals surface area contributed by atoms with E-state index in [1.54, 1.807) is 0 Å². The lowest BCUT2D eigenvalue weighted by atomic mass is 10.1. The van der Waals surface area contributed by atoms with E-state index in [1.807, 2.05) is 10.7 Å². The van der Waals surface area contributed by atoms with Crippen LogP contribution in [-0.4, -0.2) is 9.78 Å². The molecule has 3 heteroatoms. The van der Waals surface area contributed by atoms with Gasteiger partial charge in [0.05, 0.1) is 11.7 Å². The Morgan fingerprint density at radius 3 is 2.50 bits per heavy atom. The first-order valence-electron chi connectivity index (χ1n) is 5.34. The van der Waals surface area contributed by atoms with E-state index >= 15 is 0 Å². The van der Waals surface area contributed by atoms with Gasteiger partial charge in [-0.05, 0) is 37.7 Å². The molecule has 1 aliphatic rings. The fraction of sp³-hybridized carbons (Fsp3) is 0.727. The van der Waals surface area contributed by atoms with Crippen molar-refractivity contribution in [2.75, 3.05) is 0 Å². The second kappa shape index (κ2) is 3.58. The van der Waals surface area contributed by atoms with Crippen LogP contribution in [0, 0.1) is 5.92 Å². The Kier molecular flexibility index (Phi) is 2.56. The minimum Gasteiger partial charge on any atom is -0.251 e.